The Balaban J connectivity index is 1.58. The molecule has 9 heteroatoms. The van der Waals surface area contributed by atoms with Crippen molar-refractivity contribution < 1.29 is 18.0 Å². The van der Waals surface area contributed by atoms with Crippen LogP contribution in [0.25, 0.3) is 0 Å². The predicted molar refractivity (Wildman–Crippen MR) is 115 cm³/mol. The highest BCUT2D eigenvalue weighted by molar-refractivity contribution is 6.40. The third-order valence-corrected chi connectivity index (χ3v) is 5.83. The van der Waals surface area contributed by atoms with Gasteiger partial charge in [0.2, 0.25) is 5.91 Å². The van der Waals surface area contributed by atoms with Gasteiger partial charge in [0, 0.05) is 45.3 Å². The fourth-order valence-corrected chi connectivity index (χ4v) is 4.03. The molecular formula is C21H22Cl2F3N3O. The number of rotatable bonds is 5. The Bertz CT molecular complexity index is 913. The fraction of sp³-hybridized carbons (Fsp3) is 0.381. The number of nitrogens with zero attached hydrogens (tertiary/aromatic N) is 2. The Hall–Kier alpha value is -1.96. The average molecular weight is 460 g/mol. The van der Waals surface area contributed by atoms with E-state index in [1.165, 1.54) is 19.1 Å². The summed E-state index contributed by atoms with van der Waals surface area (Å²) < 4.78 is 38.8. The fourth-order valence-electron chi connectivity index (χ4n) is 3.47. The predicted octanol–water partition coefficient (Wildman–Crippen LogP) is 5.34. The van der Waals surface area contributed by atoms with E-state index in [0.29, 0.717) is 40.9 Å². The highest BCUT2D eigenvalue weighted by Gasteiger charge is 2.31. The number of hydrogen-bond acceptors (Lipinski definition) is 3. The van der Waals surface area contributed by atoms with Gasteiger partial charge in [0.25, 0.3) is 0 Å². The van der Waals surface area contributed by atoms with Gasteiger partial charge in [-0.2, -0.15) is 13.2 Å². The Morgan fingerprint density at radius 2 is 1.80 bits per heavy atom. The van der Waals surface area contributed by atoms with Crippen LogP contribution in [0.3, 0.4) is 0 Å². The van der Waals surface area contributed by atoms with Gasteiger partial charge in [-0.15, -0.1) is 0 Å². The summed E-state index contributed by atoms with van der Waals surface area (Å²) >= 11 is 12.5. The van der Waals surface area contributed by atoms with Crippen molar-refractivity contribution in [1.82, 2.24) is 4.90 Å². The van der Waals surface area contributed by atoms with E-state index >= 15 is 0 Å². The van der Waals surface area contributed by atoms with E-state index in [9.17, 15) is 18.0 Å². The summed E-state index contributed by atoms with van der Waals surface area (Å²) in [5.74, 6) is -0.248. The number of anilines is 2. The van der Waals surface area contributed by atoms with Gasteiger partial charge in [-0.05, 0) is 36.2 Å². The Morgan fingerprint density at radius 1 is 1.10 bits per heavy atom. The molecule has 0 unspecified atom stereocenters. The van der Waals surface area contributed by atoms with E-state index in [2.05, 4.69) is 10.2 Å². The summed E-state index contributed by atoms with van der Waals surface area (Å²) in [6.07, 6.45) is -3.67. The number of alkyl halides is 3. The standard InChI is InChI=1S/C21H22Cl2F3N3O/c1-14(30)27-20-18(22)6-5-15(19(20)23)7-8-28-9-11-29(12-10-28)17-4-2-3-16(13-17)21(24,25)26/h2-6,13H,7-12H2,1H3,(H,27,30). The van der Waals surface area contributed by atoms with Gasteiger partial charge >= 0.3 is 6.18 Å². The third-order valence-electron chi connectivity index (χ3n) is 5.08. The minimum absolute atomic E-state index is 0.248. The third kappa shape index (κ3) is 5.59. The monoisotopic (exact) mass is 459 g/mol. The number of halogens is 5. The van der Waals surface area contributed by atoms with Gasteiger partial charge in [0.1, 0.15) is 0 Å². The maximum absolute atomic E-state index is 12.9. The van der Waals surface area contributed by atoms with E-state index in [-0.39, 0.29) is 5.91 Å². The minimum Gasteiger partial charge on any atom is -0.369 e. The molecule has 30 heavy (non-hydrogen) atoms. The molecule has 0 radical (unpaired) electrons. The minimum atomic E-state index is -4.34. The summed E-state index contributed by atoms with van der Waals surface area (Å²) in [5, 5.41) is 3.47. The number of nitrogens with one attached hydrogen (secondary N) is 1. The lowest BCUT2D eigenvalue weighted by Gasteiger charge is -2.36. The van der Waals surface area contributed by atoms with Crippen LogP contribution in [0.15, 0.2) is 36.4 Å². The maximum atomic E-state index is 12.9. The highest BCUT2D eigenvalue weighted by Crippen LogP contribution is 2.34. The molecule has 2 aromatic rings. The zero-order valence-corrected chi connectivity index (χ0v) is 17.9. The van der Waals surface area contributed by atoms with Crippen LogP contribution in [0.1, 0.15) is 18.1 Å². The van der Waals surface area contributed by atoms with Crippen LogP contribution >= 0.6 is 23.2 Å². The molecule has 0 spiro atoms. The lowest BCUT2D eigenvalue weighted by atomic mass is 10.1. The lowest BCUT2D eigenvalue weighted by Crippen LogP contribution is -2.47. The molecule has 0 aliphatic carbocycles. The van der Waals surface area contributed by atoms with Gasteiger partial charge in [0.15, 0.2) is 0 Å². The first kappa shape index (κ1) is 22.7. The first-order valence-corrected chi connectivity index (χ1v) is 10.3. The normalized spacial score (nSPS) is 15.3. The topological polar surface area (TPSA) is 35.6 Å². The zero-order valence-electron chi connectivity index (χ0n) is 16.4. The first-order valence-electron chi connectivity index (χ1n) is 9.54. The summed E-state index contributed by atoms with van der Waals surface area (Å²) in [5.41, 5.74) is 1.25. The molecule has 1 fully saturated rings. The van der Waals surface area contributed by atoms with Crippen molar-refractivity contribution in [3.05, 3.63) is 57.6 Å². The molecule has 1 N–H and O–H groups in total. The van der Waals surface area contributed by atoms with Crippen molar-refractivity contribution in [3.63, 3.8) is 0 Å². The maximum Gasteiger partial charge on any atom is 0.416 e. The molecule has 0 bridgehead atoms. The van der Waals surface area contributed by atoms with Crippen molar-refractivity contribution in [2.24, 2.45) is 0 Å². The van der Waals surface area contributed by atoms with Gasteiger partial charge in [-0.25, -0.2) is 0 Å². The van der Waals surface area contributed by atoms with Crippen LogP contribution in [-0.2, 0) is 17.4 Å². The molecule has 0 saturated carbocycles. The van der Waals surface area contributed by atoms with Crippen molar-refractivity contribution >= 4 is 40.5 Å². The second-order valence-electron chi connectivity index (χ2n) is 7.20. The summed E-state index contributed by atoms with van der Waals surface area (Å²) in [7, 11) is 0. The molecule has 3 rings (SSSR count). The smallest absolute Gasteiger partial charge is 0.369 e. The number of benzene rings is 2. The van der Waals surface area contributed by atoms with Crippen LogP contribution in [0.2, 0.25) is 10.0 Å². The lowest BCUT2D eigenvalue weighted by molar-refractivity contribution is -0.137. The zero-order chi connectivity index (χ0) is 21.9. The number of carbonyl (C=O) groups is 1. The van der Waals surface area contributed by atoms with E-state index in [1.807, 2.05) is 11.0 Å². The second kappa shape index (κ2) is 9.45. The molecule has 0 aromatic heterocycles. The number of hydrogen-bond donors (Lipinski definition) is 1. The Labute approximate surface area is 183 Å². The van der Waals surface area contributed by atoms with Gasteiger partial charge in [0.05, 0.1) is 21.3 Å². The number of piperazine rings is 1. The molecule has 4 nitrogen and oxygen atoms in total. The van der Waals surface area contributed by atoms with Crippen molar-refractivity contribution in [1.29, 1.82) is 0 Å². The number of carbonyl (C=O) groups excluding carboxylic acids is 1. The number of amides is 1. The van der Waals surface area contributed by atoms with E-state index in [1.54, 1.807) is 12.1 Å². The van der Waals surface area contributed by atoms with E-state index in [4.69, 9.17) is 23.2 Å². The Kier molecular flexibility index (Phi) is 7.16. The molecule has 0 atom stereocenters. The van der Waals surface area contributed by atoms with Crippen molar-refractivity contribution in [3.8, 4) is 0 Å². The molecule has 1 heterocycles. The SMILES string of the molecule is CC(=O)Nc1c(Cl)ccc(CCN2CCN(c3cccc(C(F)(F)F)c3)CC2)c1Cl. The summed E-state index contributed by atoms with van der Waals surface area (Å²) in [4.78, 5) is 15.6. The quantitative estimate of drug-likeness (QED) is 0.655. The van der Waals surface area contributed by atoms with Crippen LogP contribution in [0, 0.1) is 0 Å². The largest absolute Gasteiger partial charge is 0.416 e. The molecule has 1 aliphatic heterocycles. The first-order chi connectivity index (χ1) is 14.1. The average Bonchev–Trinajstić information content (AvgIpc) is 2.70. The Morgan fingerprint density at radius 3 is 2.43 bits per heavy atom. The van der Waals surface area contributed by atoms with Crippen LogP contribution in [0.4, 0.5) is 24.5 Å². The summed E-state index contributed by atoms with van der Waals surface area (Å²) in [6.45, 7) is 4.90. The molecule has 1 aliphatic rings. The van der Waals surface area contributed by atoms with E-state index in [0.717, 1.165) is 31.3 Å². The highest BCUT2D eigenvalue weighted by atomic mass is 35.5. The molecule has 1 amide bonds. The molecular weight excluding hydrogens is 438 g/mol. The van der Waals surface area contributed by atoms with Crippen LogP contribution in [-0.4, -0.2) is 43.5 Å². The van der Waals surface area contributed by atoms with E-state index < -0.39 is 11.7 Å². The van der Waals surface area contributed by atoms with Crippen LogP contribution < -0.4 is 10.2 Å². The molecule has 162 valence electrons. The van der Waals surface area contributed by atoms with Crippen LogP contribution in [0.5, 0.6) is 0 Å². The van der Waals surface area contributed by atoms with Gasteiger partial charge < -0.3 is 10.2 Å². The summed E-state index contributed by atoms with van der Waals surface area (Å²) in [6, 6.07) is 8.99. The van der Waals surface area contributed by atoms with Crippen molar-refractivity contribution in [2.45, 2.75) is 19.5 Å². The van der Waals surface area contributed by atoms with Gasteiger partial charge in [-0.1, -0.05) is 35.3 Å². The molecule has 2 aromatic carbocycles. The second-order valence-corrected chi connectivity index (χ2v) is 7.99. The molecule has 1 saturated heterocycles. The van der Waals surface area contributed by atoms with Gasteiger partial charge in [-0.3, -0.25) is 9.69 Å². The van der Waals surface area contributed by atoms with Crippen molar-refractivity contribution in [2.75, 3.05) is 42.9 Å².